The van der Waals surface area contributed by atoms with E-state index in [4.69, 9.17) is 0 Å². The van der Waals surface area contributed by atoms with Crippen molar-refractivity contribution in [2.75, 3.05) is 19.6 Å². The van der Waals surface area contributed by atoms with Gasteiger partial charge in [-0.3, -0.25) is 9.59 Å². The van der Waals surface area contributed by atoms with Gasteiger partial charge in [-0.15, -0.1) is 12.4 Å². The smallest absolute Gasteiger partial charge is 0.254 e. The van der Waals surface area contributed by atoms with Crippen LogP contribution in [0.4, 0.5) is 4.39 Å². The molecule has 26 heavy (non-hydrogen) atoms. The summed E-state index contributed by atoms with van der Waals surface area (Å²) >= 11 is 0. The van der Waals surface area contributed by atoms with Crippen molar-refractivity contribution in [3.63, 3.8) is 0 Å². The molecule has 1 unspecified atom stereocenters. The molecule has 0 bridgehead atoms. The third-order valence-corrected chi connectivity index (χ3v) is 4.86. The second-order valence-corrected chi connectivity index (χ2v) is 7.04. The quantitative estimate of drug-likeness (QED) is 0.738. The molecule has 1 aromatic carbocycles. The van der Waals surface area contributed by atoms with Crippen LogP contribution in [0.15, 0.2) is 12.1 Å². The van der Waals surface area contributed by atoms with E-state index in [1.54, 1.807) is 4.90 Å². The number of piperidine rings is 1. The molecular formula is C18H25ClFN3O3. The number of aromatic hydroxyl groups is 1. The SMILES string of the molecule is CC1CC(=O)N(Cc2cc(F)c(C(=O)NC3CCNCC3)cc2O)C1.Cl. The molecule has 144 valence electrons. The van der Waals surface area contributed by atoms with Crippen molar-refractivity contribution in [3.05, 3.63) is 29.1 Å². The summed E-state index contributed by atoms with van der Waals surface area (Å²) in [5.74, 6) is -1.10. The molecule has 0 aromatic heterocycles. The highest BCUT2D eigenvalue weighted by Gasteiger charge is 2.28. The lowest BCUT2D eigenvalue weighted by molar-refractivity contribution is -0.128. The lowest BCUT2D eigenvalue weighted by Gasteiger charge is -2.24. The number of phenolic OH excluding ortho intramolecular Hbond substituents is 1. The second kappa shape index (κ2) is 8.68. The van der Waals surface area contributed by atoms with Gasteiger partial charge in [-0.1, -0.05) is 6.92 Å². The maximum atomic E-state index is 14.4. The maximum absolute atomic E-state index is 14.4. The van der Waals surface area contributed by atoms with Gasteiger partial charge in [-0.2, -0.15) is 0 Å². The average Bonchev–Trinajstić information content (AvgIpc) is 2.89. The molecular weight excluding hydrogens is 361 g/mol. The summed E-state index contributed by atoms with van der Waals surface area (Å²) in [6, 6.07) is 2.33. The lowest BCUT2D eigenvalue weighted by atomic mass is 10.0. The average molecular weight is 386 g/mol. The van der Waals surface area contributed by atoms with E-state index >= 15 is 0 Å². The number of nitrogens with zero attached hydrogens (tertiary/aromatic N) is 1. The molecule has 0 saturated carbocycles. The van der Waals surface area contributed by atoms with Gasteiger partial charge >= 0.3 is 0 Å². The molecule has 6 nitrogen and oxygen atoms in total. The highest BCUT2D eigenvalue weighted by molar-refractivity contribution is 5.95. The Bertz CT molecular complexity index is 680. The van der Waals surface area contributed by atoms with Gasteiger partial charge in [0.2, 0.25) is 5.91 Å². The molecule has 2 aliphatic rings. The number of phenols is 1. The van der Waals surface area contributed by atoms with Crippen molar-refractivity contribution < 1.29 is 19.1 Å². The van der Waals surface area contributed by atoms with Crippen molar-refractivity contribution in [3.8, 4) is 5.75 Å². The lowest BCUT2D eigenvalue weighted by Crippen LogP contribution is -2.42. The Balaban J connectivity index is 0.00000243. The maximum Gasteiger partial charge on any atom is 0.254 e. The Morgan fingerprint density at radius 1 is 1.38 bits per heavy atom. The fraction of sp³-hybridized carbons (Fsp3) is 0.556. The fourth-order valence-corrected chi connectivity index (χ4v) is 3.46. The fourth-order valence-electron chi connectivity index (χ4n) is 3.46. The number of carbonyl (C=O) groups is 2. The molecule has 2 fully saturated rings. The molecule has 2 amide bonds. The summed E-state index contributed by atoms with van der Waals surface area (Å²) in [6.07, 6.45) is 2.07. The van der Waals surface area contributed by atoms with Gasteiger partial charge in [0.1, 0.15) is 11.6 Å². The Morgan fingerprint density at radius 3 is 2.69 bits per heavy atom. The summed E-state index contributed by atoms with van der Waals surface area (Å²) in [5.41, 5.74) is 0.152. The van der Waals surface area contributed by atoms with E-state index in [0.29, 0.717) is 18.5 Å². The van der Waals surface area contributed by atoms with E-state index in [1.165, 1.54) is 0 Å². The molecule has 1 atom stereocenters. The van der Waals surface area contributed by atoms with Gasteiger partial charge in [0, 0.05) is 31.1 Å². The number of hydrogen-bond donors (Lipinski definition) is 3. The number of benzene rings is 1. The Labute approximate surface area is 158 Å². The predicted octanol–water partition coefficient (Wildman–Crippen LogP) is 1.80. The third-order valence-electron chi connectivity index (χ3n) is 4.86. The van der Waals surface area contributed by atoms with Crippen LogP contribution in [0.2, 0.25) is 0 Å². The number of halogens is 2. The first-order valence-electron chi connectivity index (χ1n) is 8.74. The van der Waals surface area contributed by atoms with Gasteiger partial charge in [-0.25, -0.2) is 4.39 Å². The zero-order chi connectivity index (χ0) is 18.0. The largest absolute Gasteiger partial charge is 0.508 e. The van der Waals surface area contributed by atoms with E-state index in [-0.39, 0.29) is 48.1 Å². The van der Waals surface area contributed by atoms with Crippen LogP contribution in [-0.2, 0) is 11.3 Å². The molecule has 2 heterocycles. The van der Waals surface area contributed by atoms with Crippen LogP contribution in [0.5, 0.6) is 5.75 Å². The molecule has 0 spiro atoms. The van der Waals surface area contributed by atoms with Crippen LogP contribution in [0.1, 0.15) is 42.1 Å². The standard InChI is InChI=1S/C18H24FN3O3.ClH/c1-11-6-17(24)22(9-11)10-12-7-15(19)14(8-16(12)23)18(25)21-13-2-4-20-5-3-13;/h7-8,11,13,20,23H,2-6,9-10H2,1H3,(H,21,25);1H. The number of amides is 2. The van der Waals surface area contributed by atoms with E-state index in [1.807, 2.05) is 6.92 Å². The minimum absolute atomic E-state index is 0. The molecule has 2 aliphatic heterocycles. The van der Waals surface area contributed by atoms with Crippen molar-refractivity contribution in [2.45, 2.75) is 38.8 Å². The Kier molecular flexibility index (Phi) is 6.83. The van der Waals surface area contributed by atoms with Gasteiger partial charge in [-0.05, 0) is 44.0 Å². The van der Waals surface area contributed by atoms with Crippen LogP contribution >= 0.6 is 12.4 Å². The first-order valence-corrected chi connectivity index (χ1v) is 8.74. The monoisotopic (exact) mass is 385 g/mol. The van der Waals surface area contributed by atoms with E-state index in [0.717, 1.165) is 38.1 Å². The molecule has 1 aromatic rings. The highest BCUT2D eigenvalue weighted by atomic mass is 35.5. The molecule has 0 radical (unpaired) electrons. The number of rotatable bonds is 4. The zero-order valence-electron chi connectivity index (χ0n) is 14.8. The second-order valence-electron chi connectivity index (χ2n) is 7.04. The van der Waals surface area contributed by atoms with Crippen LogP contribution in [0, 0.1) is 11.7 Å². The van der Waals surface area contributed by atoms with Gasteiger partial charge in [0.05, 0.1) is 5.56 Å². The van der Waals surface area contributed by atoms with Crippen LogP contribution in [0.25, 0.3) is 0 Å². The van der Waals surface area contributed by atoms with Crippen molar-refractivity contribution in [1.82, 2.24) is 15.5 Å². The van der Waals surface area contributed by atoms with Crippen LogP contribution in [0.3, 0.4) is 0 Å². The van der Waals surface area contributed by atoms with E-state index in [9.17, 15) is 19.1 Å². The normalized spacial score (nSPS) is 20.8. The van der Waals surface area contributed by atoms with Gasteiger partial charge < -0.3 is 20.6 Å². The van der Waals surface area contributed by atoms with Crippen molar-refractivity contribution in [1.29, 1.82) is 0 Å². The molecule has 3 rings (SSSR count). The first-order chi connectivity index (χ1) is 11.9. The number of hydrogen-bond acceptors (Lipinski definition) is 4. The molecule has 0 aliphatic carbocycles. The minimum Gasteiger partial charge on any atom is -0.508 e. The van der Waals surface area contributed by atoms with Crippen molar-refractivity contribution in [2.24, 2.45) is 5.92 Å². The van der Waals surface area contributed by atoms with Crippen LogP contribution < -0.4 is 10.6 Å². The van der Waals surface area contributed by atoms with Crippen LogP contribution in [-0.4, -0.2) is 47.5 Å². The number of nitrogens with one attached hydrogen (secondary N) is 2. The summed E-state index contributed by atoms with van der Waals surface area (Å²) in [4.78, 5) is 25.8. The summed E-state index contributed by atoms with van der Waals surface area (Å²) < 4.78 is 14.4. The zero-order valence-corrected chi connectivity index (χ0v) is 15.6. The van der Waals surface area contributed by atoms with Gasteiger partial charge in [0.25, 0.3) is 5.91 Å². The molecule has 2 saturated heterocycles. The molecule has 3 N–H and O–H groups in total. The highest BCUT2D eigenvalue weighted by Crippen LogP contribution is 2.26. The summed E-state index contributed by atoms with van der Waals surface area (Å²) in [6.45, 7) is 4.37. The minimum atomic E-state index is -0.682. The topological polar surface area (TPSA) is 81.7 Å². The van der Waals surface area contributed by atoms with Gasteiger partial charge in [0.15, 0.2) is 0 Å². The molecule has 8 heteroatoms. The third kappa shape index (κ3) is 4.65. The summed E-state index contributed by atoms with van der Waals surface area (Å²) in [5, 5.41) is 16.2. The first kappa shape index (κ1) is 20.5. The van der Waals surface area contributed by atoms with Crippen molar-refractivity contribution >= 4 is 24.2 Å². The Morgan fingerprint density at radius 2 is 2.08 bits per heavy atom. The summed E-state index contributed by atoms with van der Waals surface area (Å²) in [7, 11) is 0. The predicted molar refractivity (Wildman–Crippen MR) is 97.9 cm³/mol. The van der Waals surface area contributed by atoms with E-state index in [2.05, 4.69) is 10.6 Å². The number of likely N-dealkylation sites (tertiary alicyclic amines) is 1. The Hall–Kier alpha value is -1.86. The van der Waals surface area contributed by atoms with E-state index < -0.39 is 11.7 Å². The number of carbonyl (C=O) groups excluding carboxylic acids is 2.